The Hall–Kier alpha value is -2.25. The average Bonchev–Trinajstić information content (AvgIpc) is 3.17. The van der Waals surface area contributed by atoms with E-state index in [4.69, 9.17) is 16.3 Å². The number of rotatable bonds is 3. The van der Waals surface area contributed by atoms with E-state index in [9.17, 15) is 4.79 Å². The molecule has 25 heavy (non-hydrogen) atoms. The largest absolute Gasteiger partial charge is 0.354 e. The van der Waals surface area contributed by atoms with Crippen LogP contribution in [0.1, 0.15) is 32.9 Å². The summed E-state index contributed by atoms with van der Waals surface area (Å²) in [6.07, 6.45) is 7.00. The van der Waals surface area contributed by atoms with Gasteiger partial charge in [-0.2, -0.15) is 9.97 Å². The third kappa shape index (κ3) is 2.83. The van der Waals surface area contributed by atoms with E-state index in [-0.39, 0.29) is 23.0 Å². The zero-order valence-corrected chi connectivity index (χ0v) is 14.7. The Kier molecular flexibility index (Phi) is 4.05. The van der Waals surface area contributed by atoms with Crippen LogP contribution in [0.15, 0.2) is 35.6 Å². The van der Waals surface area contributed by atoms with Crippen molar-refractivity contribution in [2.45, 2.75) is 39.0 Å². The van der Waals surface area contributed by atoms with E-state index in [1.54, 1.807) is 23.3 Å². The van der Waals surface area contributed by atoms with Gasteiger partial charge < -0.3 is 9.30 Å². The highest BCUT2D eigenvalue weighted by molar-refractivity contribution is 6.28. The molecule has 0 amide bonds. The van der Waals surface area contributed by atoms with Crippen LogP contribution < -0.4 is 5.43 Å². The number of ether oxygens (including phenoxy) is 1. The third-order valence-electron chi connectivity index (χ3n) is 4.67. The molecule has 130 valence electrons. The standard InChI is InChI=1S/C17H18ClN5O2/c1-3-12-10(2)8-13(25-12)23-9-19-14-15(20-17(18)21-16(14)23)22-6-4-11(24)5-7-22/h4-7,9-10,12-13H,3,8H2,1-2H3/t10?,12-,13?/m1/s1. The second kappa shape index (κ2) is 6.24. The monoisotopic (exact) mass is 359 g/mol. The smallest absolute Gasteiger partial charge is 0.226 e. The van der Waals surface area contributed by atoms with E-state index in [0.29, 0.717) is 22.9 Å². The van der Waals surface area contributed by atoms with Crippen LogP contribution in [0.25, 0.3) is 17.0 Å². The number of aromatic nitrogens is 5. The van der Waals surface area contributed by atoms with Gasteiger partial charge in [-0.3, -0.25) is 9.36 Å². The minimum Gasteiger partial charge on any atom is -0.354 e. The lowest BCUT2D eigenvalue weighted by molar-refractivity contribution is -0.00304. The number of pyridine rings is 1. The molecule has 4 rings (SSSR count). The van der Waals surface area contributed by atoms with Crippen LogP contribution in [0.4, 0.5) is 0 Å². The van der Waals surface area contributed by atoms with Crippen LogP contribution in [-0.4, -0.2) is 30.2 Å². The maximum atomic E-state index is 11.3. The topological polar surface area (TPSA) is 74.8 Å². The van der Waals surface area contributed by atoms with Gasteiger partial charge in [-0.1, -0.05) is 13.8 Å². The molecule has 1 aliphatic rings. The van der Waals surface area contributed by atoms with Crippen molar-refractivity contribution in [3.05, 3.63) is 46.4 Å². The lowest BCUT2D eigenvalue weighted by atomic mass is 10.0. The minimum absolute atomic E-state index is 0.0721. The maximum Gasteiger partial charge on any atom is 0.226 e. The Bertz CT molecular complexity index is 962. The number of hydrogen-bond acceptors (Lipinski definition) is 5. The number of nitrogens with zero attached hydrogens (tertiary/aromatic N) is 5. The first-order valence-corrected chi connectivity index (χ1v) is 8.69. The van der Waals surface area contributed by atoms with Crippen molar-refractivity contribution in [3.63, 3.8) is 0 Å². The van der Waals surface area contributed by atoms with Crippen molar-refractivity contribution in [1.29, 1.82) is 0 Å². The zero-order chi connectivity index (χ0) is 17.6. The molecule has 1 fully saturated rings. The van der Waals surface area contributed by atoms with E-state index < -0.39 is 0 Å². The second-order valence-corrected chi connectivity index (χ2v) is 6.67. The number of fused-ring (bicyclic) bond motifs is 1. The number of halogens is 1. The molecule has 1 aliphatic heterocycles. The highest BCUT2D eigenvalue weighted by Crippen LogP contribution is 2.36. The molecular formula is C17H18ClN5O2. The highest BCUT2D eigenvalue weighted by atomic mass is 35.5. The van der Waals surface area contributed by atoms with Gasteiger partial charge in [-0.15, -0.1) is 0 Å². The molecule has 3 aromatic rings. The van der Waals surface area contributed by atoms with Gasteiger partial charge in [0.15, 0.2) is 22.4 Å². The van der Waals surface area contributed by atoms with Crippen molar-refractivity contribution >= 4 is 22.8 Å². The summed E-state index contributed by atoms with van der Waals surface area (Å²) < 4.78 is 9.78. The van der Waals surface area contributed by atoms with Crippen molar-refractivity contribution in [1.82, 2.24) is 24.1 Å². The van der Waals surface area contributed by atoms with Gasteiger partial charge in [0, 0.05) is 24.5 Å². The maximum absolute atomic E-state index is 11.3. The molecule has 0 saturated carbocycles. The van der Waals surface area contributed by atoms with Gasteiger partial charge in [-0.25, -0.2) is 4.98 Å². The van der Waals surface area contributed by atoms with Crippen LogP contribution in [-0.2, 0) is 4.74 Å². The quantitative estimate of drug-likeness (QED) is 0.672. The van der Waals surface area contributed by atoms with Gasteiger partial charge in [-0.05, 0) is 30.4 Å². The van der Waals surface area contributed by atoms with E-state index in [2.05, 4.69) is 28.8 Å². The van der Waals surface area contributed by atoms with Crippen LogP contribution in [0, 0.1) is 5.92 Å². The van der Waals surface area contributed by atoms with Gasteiger partial charge in [0.1, 0.15) is 6.23 Å². The highest BCUT2D eigenvalue weighted by Gasteiger charge is 2.33. The lowest BCUT2D eigenvalue weighted by Crippen LogP contribution is -2.12. The molecule has 0 aliphatic carbocycles. The van der Waals surface area contributed by atoms with Crippen molar-refractivity contribution in [2.75, 3.05) is 0 Å². The van der Waals surface area contributed by atoms with Gasteiger partial charge in [0.25, 0.3) is 0 Å². The second-order valence-electron chi connectivity index (χ2n) is 6.33. The summed E-state index contributed by atoms with van der Waals surface area (Å²) in [6.45, 7) is 4.32. The summed E-state index contributed by atoms with van der Waals surface area (Å²) in [5, 5.41) is 0.126. The Morgan fingerprint density at radius 1 is 1.32 bits per heavy atom. The Morgan fingerprint density at radius 2 is 2.08 bits per heavy atom. The molecular weight excluding hydrogens is 342 g/mol. The van der Waals surface area contributed by atoms with E-state index in [1.165, 1.54) is 12.1 Å². The summed E-state index contributed by atoms with van der Waals surface area (Å²) >= 11 is 6.15. The molecule has 7 nitrogen and oxygen atoms in total. The molecule has 2 unspecified atom stereocenters. The SMILES string of the molecule is CC[C@H]1OC(n2cnc3c(-n4ccc(=O)cc4)nc(Cl)nc32)CC1C. The molecule has 0 N–H and O–H groups in total. The fourth-order valence-corrected chi connectivity index (χ4v) is 3.52. The Labute approximate surface area is 149 Å². The predicted molar refractivity (Wildman–Crippen MR) is 93.9 cm³/mol. The van der Waals surface area contributed by atoms with Crippen LogP contribution in [0.5, 0.6) is 0 Å². The average molecular weight is 360 g/mol. The molecule has 8 heteroatoms. The predicted octanol–water partition coefficient (Wildman–Crippen LogP) is 2.96. The van der Waals surface area contributed by atoms with Gasteiger partial charge in [0.05, 0.1) is 12.4 Å². The molecule has 4 heterocycles. The number of hydrogen-bond donors (Lipinski definition) is 0. The van der Waals surface area contributed by atoms with E-state index >= 15 is 0 Å². The van der Waals surface area contributed by atoms with Crippen molar-refractivity contribution in [3.8, 4) is 5.82 Å². The first-order valence-electron chi connectivity index (χ1n) is 8.31. The summed E-state index contributed by atoms with van der Waals surface area (Å²) in [4.78, 5) is 24.5. The van der Waals surface area contributed by atoms with Crippen molar-refractivity contribution in [2.24, 2.45) is 5.92 Å². The van der Waals surface area contributed by atoms with Crippen LogP contribution in [0.3, 0.4) is 0 Å². The molecule has 0 aromatic carbocycles. The van der Waals surface area contributed by atoms with E-state index in [1.807, 2.05) is 4.57 Å². The molecule has 1 saturated heterocycles. The lowest BCUT2D eigenvalue weighted by Gasteiger charge is -2.14. The van der Waals surface area contributed by atoms with E-state index in [0.717, 1.165) is 12.8 Å². The van der Waals surface area contributed by atoms with Crippen LogP contribution >= 0.6 is 11.6 Å². The Balaban J connectivity index is 1.82. The summed E-state index contributed by atoms with van der Waals surface area (Å²) in [5.74, 6) is 1.01. The van der Waals surface area contributed by atoms with Crippen molar-refractivity contribution < 1.29 is 4.74 Å². The van der Waals surface area contributed by atoms with Gasteiger partial charge >= 0.3 is 0 Å². The zero-order valence-electron chi connectivity index (χ0n) is 14.0. The molecule has 3 atom stereocenters. The normalized spacial score (nSPS) is 23.4. The first-order chi connectivity index (χ1) is 12.1. The third-order valence-corrected chi connectivity index (χ3v) is 4.84. The van der Waals surface area contributed by atoms with Gasteiger partial charge in [0.2, 0.25) is 5.28 Å². The summed E-state index contributed by atoms with van der Waals surface area (Å²) in [6, 6.07) is 2.93. The van der Waals surface area contributed by atoms with Crippen LogP contribution in [0.2, 0.25) is 5.28 Å². The Morgan fingerprint density at radius 3 is 2.76 bits per heavy atom. The summed E-state index contributed by atoms with van der Waals surface area (Å²) in [5.41, 5.74) is 1.17. The number of imidazole rings is 1. The molecule has 0 spiro atoms. The molecule has 3 aromatic heterocycles. The fourth-order valence-electron chi connectivity index (χ4n) is 3.36. The minimum atomic E-state index is -0.113. The first kappa shape index (κ1) is 16.2. The molecule has 0 radical (unpaired) electrons. The molecule has 0 bridgehead atoms. The summed E-state index contributed by atoms with van der Waals surface area (Å²) in [7, 11) is 0. The fraction of sp³-hybridized carbons (Fsp3) is 0.412.